The first-order valence-electron chi connectivity index (χ1n) is 3.37. The Balaban J connectivity index is 2.82. The average molecular weight is 148 g/mol. The second-order valence-electron chi connectivity index (χ2n) is 2.52. The van der Waals surface area contributed by atoms with E-state index in [1.165, 1.54) is 0 Å². The third kappa shape index (κ3) is 0.941. The van der Waals surface area contributed by atoms with E-state index in [4.69, 9.17) is 10.2 Å². The summed E-state index contributed by atoms with van der Waals surface area (Å²) in [7, 11) is 0. The van der Waals surface area contributed by atoms with Crippen LogP contribution in [0.25, 0.3) is 11.1 Å². The first kappa shape index (κ1) is 6.22. The number of nitrogens with zero attached hydrogens (tertiary/aromatic N) is 1. The molecule has 0 spiro atoms. The molecule has 11 heavy (non-hydrogen) atoms. The lowest BCUT2D eigenvalue weighted by Gasteiger charge is -1.88. The van der Waals surface area contributed by atoms with Gasteiger partial charge in [0, 0.05) is 5.39 Å². The normalized spacial score (nSPS) is 10.6. The Kier molecular flexibility index (Phi) is 1.12. The molecule has 3 heteroatoms. The molecule has 56 valence electrons. The van der Waals surface area contributed by atoms with Crippen molar-refractivity contribution < 1.29 is 4.42 Å². The molecule has 0 radical (unpaired) electrons. The number of aryl methyl sites for hydroxylation is 1. The fraction of sp³-hybridized carbons (Fsp3) is 0.125. The minimum Gasteiger partial charge on any atom is -0.443 e. The van der Waals surface area contributed by atoms with Gasteiger partial charge in [0.25, 0.3) is 0 Å². The molecular weight excluding hydrogens is 140 g/mol. The molecule has 0 bridgehead atoms. The molecular formula is C8H8N2O. The molecule has 2 heterocycles. The first-order chi connectivity index (χ1) is 5.25. The minimum absolute atomic E-state index is 0.650. The second kappa shape index (κ2) is 1.99. The van der Waals surface area contributed by atoms with Crippen LogP contribution >= 0.6 is 0 Å². The number of anilines is 1. The molecule has 0 aliphatic heterocycles. The maximum Gasteiger partial charge on any atom is 0.226 e. The summed E-state index contributed by atoms with van der Waals surface area (Å²) in [6.07, 6.45) is 1.59. The minimum atomic E-state index is 0.650. The molecule has 0 fully saturated rings. The van der Waals surface area contributed by atoms with E-state index in [-0.39, 0.29) is 0 Å². The van der Waals surface area contributed by atoms with Gasteiger partial charge < -0.3 is 10.2 Å². The number of nitrogens with two attached hydrogens (primary N) is 1. The summed E-state index contributed by atoms with van der Waals surface area (Å²) < 4.78 is 5.26. The van der Waals surface area contributed by atoms with Crippen LogP contribution in [0.15, 0.2) is 22.7 Å². The van der Waals surface area contributed by atoms with E-state index in [2.05, 4.69) is 4.98 Å². The molecule has 0 aliphatic carbocycles. The summed E-state index contributed by atoms with van der Waals surface area (Å²) in [5.74, 6) is 0.859. The van der Waals surface area contributed by atoms with E-state index < -0.39 is 0 Å². The zero-order chi connectivity index (χ0) is 7.84. The Morgan fingerprint density at radius 3 is 3.09 bits per heavy atom. The highest BCUT2D eigenvalue weighted by molar-refractivity contribution is 5.77. The Morgan fingerprint density at radius 2 is 2.27 bits per heavy atom. The number of aromatic nitrogens is 1. The van der Waals surface area contributed by atoms with Crippen molar-refractivity contribution in [1.29, 1.82) is 0 Å². The topological polar surface area (TPSA) is 52.0 Å². The van der Waals surface area contributed by atoms with E-state index in [9.17, 15) is 0 Å². The van der Waals surface area contributed by atoms with Crippen molar-refractivity contribution in [3.63, 3.8) is 0 Å². The van der Waals surface area contributed by atoms with Crippen molar-refractivity contribution in [2.75, 3.05) is 5.73 Å². The summed E-state index contributed by atoms with van der Waals surface area (Å²) in [4.78, 5) is 4.01. The van der Waals surface area contributed by atoms with E-state index in [0.29, 0.717) is 11.4 Å². The van der Waals surface area contributed by atoms with Crippen LogP contribution in [0.5, 0.6) is 0 Å². The summed E-state index contributed by atoms with van der Waals surface area (Å²) in [5.41, 5.74) is 6.84. The molecule has 0 atom stereocenters. The highest BCUT2D eigenvalue weighted by atomic mass is 16.3. The highest BCUT2D eigenvalue weighted by Gasteiger charge is 1.99. The van der Waals surface area contributed by atoms with Gasteiger partial charge >= 0.3 is 0 Å². The standard InChI is InChI=1S/C8H8N2O/c1-5-2-6-3-7(9)4-10-8(6)11-5/h2-4H,9H2,1H3. The Morgan fingerprint density at radius 1 is 1.45 bits per heavy atom. The fourth-order valence-corrected chi connectivity index (χ4v) is 1.08. The maximum absolute atomic E-state index is 5.53. The SMILES string of the molecule is Cc1cc2cc(N)cnc2o1. The molecule has 2 aromatic heterocycles. The molecule has 0 aliphatic rings. The lowest BCUT2D eigenvalue weighted by Crippen LogP contribution is -1.84. The molecule has 0 unspecified atom stereocenters. The van der Waals surface area contributed by atoms with E-state index in [1.54, 1.807) is 6.20 Å². The van der Waals surface area contributed by atoms with Gasteiger partial charge in [-0.2, -0.15) is 0 Å². The molecule has 2 rings (SSSR count). The Hall–Kier alpha value is -1.51. The van der Waals surface area contributed by atoms with Gasteiger partial charge in [-0.25, -0.2) is 4.98 Å². The average Bonchev–Trinajstić information content (AvgIpc) is 2.27. The highest BCUT2D eigenvalue weighted by Crippen LogP contribution is 2.17. The van der Waals surface area contributed by atoms with Crippen molar-refractivity contribution in [3.05, 3.63) is 24.1 Å². The number of furan rings is 1. The molecule has 0 aromatic carbocycles. The number of hydrogen-bond acceptors (Lipinski definition) is 3. The van der Waals surface area contributed by atoms with Crippen LogP contribution in [0.2, 0.25) is 0 Å². The summed E-state index contributed by atoms with van der Waals surface area (Å²) in [5, 5.41) is 0.961. The van der Waals surface area contributed by atoms with Crippen molar-refractivity contribution >= 4 is 16.8 Å². The zero-order valence-electron chi connectivity index (χ0n) is 6.16. The van der Waals surface area contributed by atoms with Crippen molar-refractivity contribution in [1.82, 2.24) is 4.98 Å². The Labute approximate surface area is 63.8 Å². The third-order valence-corrected chi connectivity index (χ3v) is 1.52. The summed E-state index contributed by atoms with van der Waals surface area (Å²) >= 11 is 0. The van der Waals surface area contributed by atoms with Gasteiger partial charge in [0.15, 0.2) is 0 Å². The van der Waals surface area contributed by atoms with Crippen LogP contribution in [-0.2, 0) is 0 Å². The van der Waals surface area contributed by atoms with Crippen molar-refractivity contribution in [2.24, 2.45) is 0 Å². The third-order valence-electron chi connectivity index (χ3n) is 1.52. The van der Waals surface area contributed by atoms with E-state index in [0.717, 1.165) is 11.1 Å². The number of rotatable bonds is 0. The predicted molar refractivity (Wildman–Crippen MR) is 43.2 cm³/mol. The van der Waals surface area contributed by atoms with Gasteiger partial charge in [-0.05, 0) is 19.1 Å². The van der Waals surface area contributed by atoms with Crippen LogP contribution < -0.4 is 5.73 Å². The van der Waals surface area contributed by atoms with Gasteiger partial charge in [0.1, 0.15) is 5.76 Å². The van der Waals surface area contributed by atoms with Crippen LogP contribution in [-0.4, -0.2) is 4.98 Å². The lowest BCUT2D eigenvalue weighted by atomic mass is 10.3. The van der Waals surface area contributed by atoms with Crippen molar-refractivity contribution in [2.45, 2.75) is 6.92 Å². The first-order valence-corrected chi connectivity index (χ1v) is 3.37. The van der Waals surface area contributed by atoms with Gasteiger partial charge in [-0.1, -0.05) is 0 Å². The maximum atomic E-state index is 5.53. The van der Waals surface area contributed by atoms with Crippen molar-refractivity contribution in [3.8, 4) is 0 Å². The number of pyridine rings is 1. The van der Waals surface area contributed by atoms with E-state index >= 15 is 0 Å². The molecule has 0 saturated carbocycles. The monoisotopic (exact) mass is 148 g/mol. The summed E-state index contributed by atoms with van der Waals surface area (Å²) in [6, 6.07) is 3.76. The van der Waals surface area contributed by atoms with Gasteiger partial charge in [0.2, 0.25) is 5.71 Å². The fourth-order valence-electron chi connectivity index (χ4n) is 1.08. The molecule has 3 nitrogen and oxygen atoms in total. The van der Waals surface area contributed by atoms with Gasteiger partial charge in [-0.3, -0.25) is 0 Å². The zero-order valence-corrected chi connectivity index (χ0v) is 6.16. The van der Waals surface area contributed by atoms with Crippen LogP contribution in [0, 0.1) is 6.92 Å². The molecule has 0 amide bonds. The largest absolute Gasteiger partial charge is 0.443 e. The number of nitrogen functional groups attached to an aromatic ring is 1. The van der Waals surface area contributed by atoms with Crippen LogP contribution in [0.4, 0.5) is 5.69 Å². The number of fused-ring (bicyclic) bond motifs is 1. The quantitative estimate of drug-likeness (QED) is 0.618. The lowest BCUT2D eigenvalue weighted by molar-refractivity contribution is 0.568. The summed E-state index contributed by atoms with van der Waals surface area (Å²) in [6.45, 7) is 1.89. The predicted octanol–water partition coefficient (Wildman–Crippen LogP) is 1.72. The van der Waals surface area contributed by atoms with E-state index in [1.807, 2.05) is 19.1 Å². The van der Waals surface area contributed by atoms with Crippen LogP contribution in [0.1, 0.15) is 5.76 Å². The van der Waals surface area contributed by atoms with Gasteiger partial charge in [-0.15, -0.1) is 0 Å². The molecule has 2 N–H and O–H groups in total. The Bertz CT molecular complexity index is 392. The van der Waals surface area contributed by atoms with Crippen LogP contribution in [0.3, 0.4) is 0 Å². The molecule has 0 saturated heterocycles. The number of hydrogen-bond donors (Lipinski definition) is 1. The smallest absolute Gasteiger partial charge is 0.226 e. The molecule has 2 aromatic rings. The second-order valence-corrected chi connectivity index (χ2v) is 2.52. The van der Waals surface area contributed by atoms with Gasteiger partial charge in [0.05, 0.1) is 11.9 Å².